The van der Waals surface area contributed by atoms with Crippen molar-refractivity contribution in [2.75, 3.05) is 10.6 Å². The van der Waals surface area contributed by atoms with E-state index >= 15 is 0 Å². The maximum atomic E-state index is 11.3. The maximum Gasteiger partial charge on any atom is 0.271 e. The predicted octanol–water partition coefficient (Wildman–Crippen LogP) is 2.63. The van der Waals surface area contributed by atoms with Crippen molar-refractivity contribution in [1.82, 2.24) is 9.78 Å². The van der Waals surface area contributed by atoms with Crippen molar-refractivity contribution in [2.24, 2.45) is 12.8 Å². The number of nitrogens with zero attached hydrogens (tertiary/aromatic N) is 2. The van der Waals surface area contributed by atoms with Gasteiger partial charge in [0.05, 0.1) is 21.4 Å². The number of benzene rings is 1. The molecule has 110 valence electrons. The van der Waals surface area contributed by atoms with Crippen molar-refractivity contribution >= 4 is 57.8 Å². The fourth-order valence-electron chi connectivity index (χ4n) is 1.64. The topological polar surface area (TPSA) is 85.0 Å². The Morgan fingerprint density at radius 2 is 2.00 bits per heavy atom. The lowest BCUT2D eigenvalue weighted by atomic mass is 10.3. The first kappa shape index (κ1) is 15.6. The highest BCUT2D eigenvalue weighted by molar-refractivity contribution is 7.80. The average Bonchev–Trinajstić information content (AvgIpc) is 2.76. The number of amides is 1. The van der Waals surface area contributed by atoms with Crippen LogP contribution in [0.25, 0.3) is 0 Å². The second kappa shape index (κ2) is 6.30. The summed E-state index contributed by atoms with van der Waals surface area (Å²) >= 11 is 17.1. The Bertz CT molecular complexity index is 716. The molecule has 0 unspecified atom stereocenters. The van der Waals surface area contributed by atoms with Gasteiger partial charge >= 0.3 is 0 Å². The Morgan fingerprint density at radius 1 is 1.33 bits per heavy atom. The number of carbonyl (C=O) groups excluding carboxylic acids is 1. The van der Waals surface area contributed by atoms with Crippen LogP contribution in [0.5, 0.6) is 0 Å². The molecular weight excluding hydrogens is 333 g/mol. The van der Waals surface area contributed by atoms with Gasteiger partial charge in [0.1, 0.15) is 0 Å². The Morgan fingerprint density at radius 3 is 2.67 bits per heavy atom. The number of aryl methyl sites for hydroxylation is 1. The zero-order valence-electron chi connectivity index (χ0n) is 10.9. The Balaban J connectivity index is 2.16. The molecule has 1 amide bonds. The number of aromatic nitrogens is 2. The van der Waals surface area contributed by atoms with Crippen molar-refractivity contribution in [3.05, 3.63) is 40.1 Å². The molecule has 0 aliphatic rings. The highest BCUT2D eigenvalue weighted by Crippen LogP contribution is 2.29. The summed E-state index contributed by atoms with van der Waals surface area (Å²) in [4.78, 5) is 11.3. The normalized spacial score (nSPS) is 10.2. The average molecular weight is 344 g/mol. The zero-order valence-corrected chi connectivity index (χ0v) is 13.2. The minimum absolute atomic E-state index is 0.0961. The first-order valence-corrected chi connectivity index (χ1v) is 6.90. The molecule has 0 atom stereocenters. The van der Waals surface area contributed by atoms with Crippen LogP contribution in [0, 0.1) is 0 Å². The van der Waals surface area contributed by atoms with Crippen molar-refractivity contribution in [1.29, 1.82) is 0 Å². The second-order valence-corrected chi connectivity index (χ2v) is 5.30. The molecule has 1 aromatic heterocycles. The van der Waals surface area contributed by atoms with E-state index in [1.165, 1.54) is 4.68 Å². The third kappa shape index (κ3) is 3.63. The van der Waals surface area contributed by atoms with E-state index in [0.717, 1.165) is 0 Å². The van der Waals surface area contributed by atoms with E-state index < -0.39 is 5.91 Å². The molecule has 2 aromatic rings. The van der Waals surface area contributed by atoms with Gasteiger partial charge in [0.25, 0.3) is 5.91 Å². The molecule has 0 saturated carbocycles. The van der Waals surface area contributed by atoms with E-state index in [4.69, 9.17) is 41.2 Å². The summed E-state index contributed by atoms with van der Waals surface area (Å²) in [6, 6.07) is 5.12. The second-order valence-electron chi connectivity index (χ2n) is 4.11. The highest BCUT2D eigenvalue weighted by atomic mass is 35.5. The molecule has 0 bridgehead atoms. The van der Waals surface area contributed by atoms with Gasteiger partial charge in [-0.2, -0.15) is 5.10 Å². The van der Waals surface area contributed by atoms with Crippen LogP contribution in [0.15, 0.2) is 24.4 Å². The van der Waals surface area contributed by atoms with Crippen molar-refractivity contribution < 1.29 is 4.79 Å². The van der Waals surface area contributed by atoms with Crippen LogP contribution in [0.2, 0.25) is 10.0 Å². The fraction of sp³-hybridized carbons (Fsp3) is 0.0833. The van der Waals surface area contributed by atoms with E-state index in [-0.39, 0.29) is 10.8 Å². The Kier molecular flexibility index (Phi) is 4.66. The Labute approximate surface area is 136 Å². The summed E-state index contributed by atoms with van der Waals surface area (Å²) < 4.78 is 1.46. The number of hydrogen-bond donors (Lipinski definition) is 3. The van der Waals surface area contributed by atoms with Gasteiger partial charge < -0.3 is 16.4 Å². The van der Waals surface area contributed by atoms with Gasteiger partial charge in [0, 0.05) is 13.2 Å². The van der Waals surface area contributed by atoms with Crippen LogP contribution < -0.4 is 16.4 Å². The molecular formula is C12H11Cl2N5OS. The quantitative estimate of drug-likeness (QED) is 0.746. The van der Waals surface area contributed by atoms with Crippen LogP contribution in [-0.4, -0.2) is 20.8 Å². The third-order valence-corrected chi connectivity index (χ3v) is 3.53. The van der Waals surface area contributed by atoms with E-state index in [1.54, 1.807) is 31.4 Å². The summed E-state index contributed by atoms with van der Waals surface area (Å²) in [5, 5.41) is 10.7. The van der Waals surface area contributed by atoms with E-state index in [1.807, 2.05) is 0 Å². The van der Waals surface area contributed by atoms with Gasteiger partial charge in [-0.05, 0) is 24.4 Å². The number of rotatable bonds is 3. The molecule has 0 radical (unpaired) electrons. The lowest BCUT2D eigenvalue weighted by Gasteiger charge is -2.11. The van der Waals surface area contributed by atoms with Gasteiger partial charge in [-0.1, -0.05) is 29.3 Å². The van der Waals surface area contributed by atoms with E-state index in [2.05, 4.69) is 15.7 Å². The van der Waals surface area contributed by atoms with Crippen molar-refractivity contribution in [3.63, 3.8) is 0 Å². The number of nitrogens with one attached hydrogen (secondary N) is 2. The van der Waals surface area contributed by atoms with Gasteiger partial charge in [-0.15, -0.1) is 0 Å². The number of thiocarbonyl (C=S) groups is 1. The van der Waals surface area contributed by atoms with Crippen molar-refractivity contribution in [3.8, 4) is 0 Å². The molecule has 0 spiro atoms. The maximum absolute atomic E-state index is 11.3. The standard InChI is InChI=1S/C12H11Cl2N5OS/c1-19-5-8(10(18-19)11(15)20)17-12(21)16-7-4-2-3-6(13)9(7)14/h2-5H,1H3,(H2,15,20)(H2,16,17,21). The first-order valence-electron chi connectivity index (χ1n) is 5.74. The first-order chi connectivity index (χ1) is 9.88. The molecule has 0 aliphatic carbocycles. The summed E-state index contributed by atoms with van der Waals surface area (Å²) in [5.41, 5.74) is 6.29. The lowest BCUT2D eigenvalue weighted by Crippen LogP contribution is -2.22. The molecule has 6 nitrogen and oxygen atoms in total. The molecule has 0 aliphatic heterocycles. The minimum Gasteiger partial charge on any atom is -0.364 e. The number of halogens is 2. The number of anilines is 2. The molecule has 0 saturated heterocycles. The van der Waals surface area contributed by atoms with Gasteiger partial charge in [-0.25, -0.2) is 0 Å². The van der Waals surface area contributed by atoms with Crippen molar-refractivity contribution in [2.45, 2.75) is 0 Å². The molecule has 9 heteroatoms. The summed E-state index contributed by atoms with van der Waals surface area (Å²) in [7, 11) is 1.67. The third-order valence-electron chi connectivity index (χ3n) is 2.51. The molecule has 21 heavy (non-hydrogen) atoms. The predicted molar refractivity (Wildman–Crippen MR) is 88.0 cm³/mol. The molecule has 1 heterocycles. The molecule has 2 rings (SSSR count). The Hall–Kier alpha value is -1.83. The molecule has 1 aromatic carbocycles. The summed E-state index contributed by atoms with van der Waals surface area (Å²) in [5.74, 6) is -0.651. The van der Waals surface area contributed by atoms with E-state index in [9.17, 15) is 4.79 Å². The van der Waals surface area contributed by atoms with Crippen LogP contribution in [0.4, 0.5) is 11.4 Å². The number of primary amides is 1. The summed E-state index contributed by atoms with van der Waals surface area (Å²) in [6.45, 7) is 0. The number of carbonyl (C=O) groups is 1. The van der Waals surface area contributed by atoms with Crippen LogP contribution in [-0.2, 0) is 7.05 Å². The molecule has 0 fully saturated rings. The lowest BCUT2D eigenvalue weighted by molar-refractivity contribution is 0.0995. The zero-order chi connectivity index (χ0) is 15.6. The van der Waals surface area contributed by atoms with Crippen LogP contribution in [0.1, 0.15) is 10.5 Å². The minimum atomic E-state index is -0.651. The summed E-state index contributed by atoms with van der Waals surface area (Å²) in [6.07, 6.45) is 1.59. The van der Waals surface area contributed by atoms with Gasteiger partial charge in [0.15, 0.2) is 10.8 Å². The van der Waals surface area contributed by atoms with Crippen LogP contribution >= 0.6 is 35.4 Å². The SMILES string of the molecule is Cn1cc(NC(=S)Nc2cccc(Cl)c2Cl)c(C(N)=O)n1. The smallest absolute Gasteiger partial charge is 0.271 e. The fourth-order valence-corrected chi connectivity index (χ4v) is 2.21. The monoisotopic (exact) mass is 343 g/mol. The number of nitrogens with two attached hydrogens (primary N) is 1. The number of hydrogen-bond acceptors (Lipinski definition) is 3. The largest absolute Gasteiger partial charge is 0.364 e. The van der Waals surface area contributed by atoms with Gasteiger partial charge in [0.2, 0.25) is 0 Å². The van der Waals surface area contributed by atoms with Crippen LogP contribution in [0.3, 0.4) is 0 Å². The molecule has 4 N–H and O–H groups in total. The highest BCUT2D eigenvalue weighted by Gasteiger charge is 2.14. The van der Waals surface area contributed by atoms with E-state index in [0.29, 0.717) is 21.4 Å². The van der Waals surface area contributed by atoms with Gasteiger partial charge in [-0.3, -0.25) is 9.48 Å².